The summed E-state index contributed by atoms with van der Waals surface area (Å²) in [4.78, 5) is 0. The molecule has 0 heterocycles. The van der Waals surface area contributed by atoms with E-state index in [-0.39, 0.29) is 0 Å². The molecular weight excluding hydrogens is 96.3 g/mol. The minimum atomic E-state index is 0.306. The predicted molar refractivity (Wildman–Crippen MR) is 33.4 cm³/mol. The van der Waals surface area contributed by atoms with Gasteiger partial charge in [0.05, 0.1) is 0 Å². The van der Waals surface area contributed by atoms with Crippen molar-refractivity contribution in [2.75, 3.05) is 7.05 Å². The van der Waals surface area contributed by atoms with E-state index in [0.717, 1.165) is 0 Å². The molecular formula is C3H11BClN. The van der Waals surface area contributed by atoms with Crippen LogP contribution < -0.4 is 5.73 Å². The number of hydrogen-bond acceptors (Lipinski definition) is 1. The Hall–Kier alpha value is 0.315. The van der Waals surface area contributed by atoms with Crippen LogP contribution in [0.3, 0.4) is 0 Å². The Kier molecular flexibility index (Phi) is 14.4. The van der Waals surface area contributed by atoms with E-state index in [1.54, 1.807) is 0 Å². The monoisotopic (exact) mass is 107 g/mol. The molecule has 0 radical (unpaired) electrons. The summed E-state index contributed by atoms with van der Waals surface area (Å²) in [5.74, 6) is 0. The van der Waals surface area contributed by atoms with Crippen LogP contribution in [0.25, 0.3) is 0 Å². The molecule has 0 aliphatic carbocycles. The maximum Gasteiger partial charge on any atom is 0.244 e. The Morgan fingerprint density at radius 1 is 1.33 bits per heavy atom. The summed E-state index contributed by atoms with van der Waals surface area (Å²) in [6, 6.07) is 0. The Balaban J connectivity index is 0. The molecule has 0 saturated carbocycles. The zero-order chi connectivity index (χ0) is 5.58. The predicted octanol–water partition coefficient (Wildman–Crippen LogP) is 1.05. The van der Waals surface area contributed by atoms with Crippen LogP contribution in [-0.4, -0.2) is 13.2 Å². The van der Waals surface area contributed by atoms with Gasteiger partial charge in [-0.25, -0.2) is 0 Å². The third-order valence-corrected chi connectivity index (χ3v) is 0. The number of nitrogens with two attached hydrogens (primary N) is 1. The van der Waals surface area contributed by atoms with Gasteiger partial charge in [0.25, 0.3) is 0 Å². The summed E-state index contributed by atoms with van der Waals surface area (Å²) in [5.41, 5.74) is 4.50. The molecule has 0 spiro atoms. The molecule has 38 valence electrons. The van der Waals surface area contributed by atoms with Crippen molar-refractivity contribution < 1.29 is 0 Å². The van der Waals surface area contributed by atoms with Crippen LogP contribution in [0.5, 0.6) is 0 Å². The van der Waals surface area contributed by atoms with Gasteiger partial charge < -0.3 is 5.73 Å². The van der Waals surface area contributed by atoms with Gasteiger partial charge in [-0.3, -0.25) is 0 Å². The Labute approximate surface area is 44.9 Å². The summed E-state index contributed by atoms with van der Waals surface area (Å²) < 4.78 is 0. The lowest BCUT2D eigenvalue weighted by Crippen LogP contribution is -1.78. The van der Waals surface area contributed by atoms with E-state index >= 15 is 0 Å². The second-order valence-corrected chi connectivity index (χ2v) is 1.89. The first-order chi connectivity index (χ1) is 2.73. The highest BCUT2D eigenvalue weighted by atomic mass is 35.5. The molecule has 6 heavy (non-hydrogen) atoms. The molecule has 0 aromatic rings. The van der Waals surface area contributed by atoms with Crippen LogP contribution in [0.1, 0.15) is 0 Å². The molecule has 0 aliphatic rings. The molecule has 0 saturated heterocycles. The van der Waals surface area contributed by atoms with E-state index in [2.05, 4.69) is 5.73 Å². The van der Waals surface area contributed by atoms with Crippen molar-refractivity contribution in [3.8, 4) is 0 Å². The van der Waals surface area contributed by atoms with E-state index in [1.165, 1.54) is 7.05 Å². The first-order valence-electron chi connectivity index (χ1n) is 1.95. The maximum absolute atomic E-state index is 5.27. The molecule has 0 aliphatic heterocycles. The van der Waals surface area contributed by atoms with Crippen LogP contribution in [-0.2, 0) is 0 Å². The van der Waals surface area contributed by atoms with Gasteiger partial charge in [0, 0.05) is 0 Å². The van der Waals surface area contributed by atoms with Crippen LogP contribution in [0, 0.1) is 0 Å². The van der Waals surface area contributed by atoms with Crippen molar-refractivity contribution >= 4 is 17.6 Å². The first-order valence-corrected chi connectivity index (χ1v) is 2.39. The molecule has 0 atom stereocenters. The minimum Gasteiger partial charge on any atom is -0.333 e. The highest BCUT2D eigenvalue weighted by Gasteiger charge is 1.81. The third kappa shape index (κ3) is 478. The van der Waals surface area contributed by atoms with Crippen LogP contribution >= 0.6 is 11.5 Å². The highest BCUT2D eigenvalue weighted by Crippen LogP contribution is 1.79. The summed E-state index contributed by atoms with van der Waals surface area (Å²) in [6.45, 7) is 3.86. The van der Waals surface area contributed by atoms with Crippen molar-refractivity contribution in [1.29, 1.82) is 0 Å². The molecule has 0 unspecified atom stereocenters. The quantitative estimate of drug-likeness (QED) is 0.460. The second-order valence-electron chi connectivity index (χ2n) is 1.01. The minimum absolute atomic E-state index is 0.306. The lowest BCUT2D eigenvalue weighted by Gasteiger charge is -1.68. The molecule has 0 fully saturated rings. The second kappa shape index (κ2) is 9.01. The smallest absolute Gasteiger partial charge is 0.244 e. The van der Waals surface area contributed by atoms with Crippen LogP contribution in [0.15, 0.2) is 0 Å². The van der Waals surface area contributed by atoms with Gasteiger partial charge >= 0.3 is 0 Å². The Morgan fingerprint density at radius 3 is 1.33 bits per heavy atom. The number of rotatable bonds is 0. The highest BCUT2D eigenvalue weighted by molar-refractivity contribution is 7.05. The first kappa shape index (κ1) is 9.58. The Bertz CT molecular complexity index is 15.5. The van der Waals surface area contributed by atoms with Crippen molar-refractivity contribution in [3.63, 3.8) is 0 Å². The fourth-order valence-corrected chi connectivity index (χ4v) is 0. The summed E-state index contributed by atoms with van der Waals surface area (Å²) in [6.07, 6.45) is 0.306. The van der Waals surface area contributed by atoms with Crippen molar-refractivity contribution in [1.82, 2.24) is 0 Å². The summed E-state index contributed by atoms with van der Waals surface area (Å²) in [5, 5.41) is 0. The fourth-order valence-electron chi connectivity index (χ4n) is 0. The van der Waals surface area contributed by atoms with Crippen molar-refractivity contribution in [2.24, 2.45) is 5.73 Å². The van der Waals surface area contributed by atoms with Gasteiger partial charge in [0.15, 0.2) is 0 Å². The average Bonchev–Trinajstić information content (AvgIpc) is 1.41. The van der Waals surface area contributed by atoms with E-state index < -0.39 is 0 Å². The van der Waals surface area contributed by atoms with E-state index in [9.17, 15) is 0 Å². The zero-order valence-corrected chi connectivity index (χ0v) is 5.29. The van der Waals surface area contributed by atoms with Gasteiger partial charge in [0.1, 0.15) is 0 Å². The largest absolute Gasteiger partial charge is 0.333 e. The van der Waals surface area contributed by atoms with Gasteiger partial charge in [-0.05, 0) is 7.05 Å². The van der Waals surface area contributed by atoms with Gasteiger partial charge in [-0.15, -0.1) is 0 Å². The van der Waals surface area contributed by atoms with Gasteiger partial charge in [-0.1, -0.05) is 13.6 Å². The Morgan fingerprint density at radius 2 is 1.33 bits per heavy atom. The van der Waals surface area contributed by atoms with Crippen LogP contribution in [0.4, 0.5) is 0 Å². The molecule has 0 rings (SSSR count). The van der Waals surface area contributed by atoms with E-state index in [0.29, 0.717) is 6.13 Å². The maximum atomic E-state index is 5.27. The number of halogens is 1. The standard InChI is InChI=1S/C2H6BCl.CH5N/c1-3(2)4;1-2/h1-2H3;2H2,1H3. The average molecular weight is 107 g/mol. The molecule has 0 aromatic carbocycles. The molecule has 2 N–H and O–H groups in total. The summed E-state index contributed by atoms with van der Waals surface area (Å²) >= 11 is 5.27. The lowest BCUT2D eigenvalue weighted by molar-refractivity contribution is 1.48. The SMILES string of the molecule is CB(C)Cl.CN. The van der Waals surface area contributed by atoms with Gasteiger partial charge in [0.2, 0.25) is 6.13 Å². The normalized spacial score (nSPS) is 5.50. The zero-order valence-electron chi connectivity index (χ0n) is 4.53. The van der Waals surface area contributed by atoms with Crippen molar-refractivity contribution in [3.05, 3.63) is 0 Å². The number of hydrogen-bond donors (Lipinski definition) is 1. The topological polar surface area (TPSA) is 26.0 Å². The lowest BCUT2D eigenvalue weighted by atomic mass is 9.85. The van der Waals surface area contributed by atoms with E-state index in [4.69, 9.17) is 11.5 Å². The molecule has 0 amide bonds. The summed E-state index contributed by atoms with van der Waals surface area (Å²) in [7, 11) is 1.50. The molecule has 0 aromatic heterocycles. The van der Waals surface area contributed by atoms with Crippen molar-refractivity contribution in [2.45, 2.75) is 13.6 Å². The van der Waals surface area contributed by atoms with Gasteiger partial charge in [-0.2, -0.15) is 11.5 Å². The molecule has 0 bridgehead atoms. The molecule has 1 nitrogen and oxygen atoms in total. The van der Waals surface area contributed by atoms with E-state index in [1.807, 2.05) is 13.6 Å². The molecule has 3 heteroatoms. The third-order valence-electron chi connectivity index (χ3n) is 0. The fraction of sp³-hybridized carbons (Fsp3) is 1.00. The van der Waals surface area contributed by atoms with Crippen LogP contribution in [0.2, 0.25) is 13.6 Å².